The Morgan fingerprint density at radius 3 is 2.90 bits per heavy atom. The van der Waals surface area contributed by atoms with Gasteiger partial charge in [0.25, 0.3) is 5.91 Å². The summed E-state index contributed by atoms with van der Waals surface area (Å²) < 4.78 is 7.44. The lowest BCUT2D eigenvalue weighted by Gasteiger charge is -2.21. The van der Waals surface area contributed by atoms with Crippen molar-refractivity contribution in [3.8, 4) is 5.75 Å². The first-order valence-corrected chi connectivity index (χ1v) is 8.19. The van der Waals surface area contributed by atoms with Gasteiger partial charge in [-0.2, -0.15) is 0 Å². The summed E-state index contributed by atoms with van der Waals surface area (Å²) in [4.78, 5) is 11.4. The van der Waals surface area contributed by atoms with Crippen molar-refractivity contribution in [3.63, 3.8) is 0 Å². The lowest BCUT2D eigenvalue weighted by atomic mass is 9.99. The maximum atomic E-state index is 11.4. The van der Waals surface area contributed by atoms with Crippen LogP contribution in [0.15, 0.2) is 40.9 Å². The third kappa shape index (κ3) is 3.07. The van der Waals surface area contributed by atoms with Gasteiger partial charge < -0.3 is 15.8 Å². The van der Waals surface area contributed by atoms with Gasteiger partial charge in [-0.3, -0.25) is 4.79 Å². The summed E-state index contributed by atoms with van der Waals surface area (Å²) in [5.41, 5.74) is 9.01. The van der Waals surface area contributed by atoms with Gasteiger partial charge in [0.15, 0.2) is 6.61 Å². The second kappa shape index (κ2) is 5.94. The molecule has 0 spiro atoms. The number of hydrogen-bond donors (Lipinski definition) is 2. The fourth-order valence-electron chi connectivity index (χ4n) is 2.23. The molecule has 0 saturated heterocycles. The van der Waals surface area contributed by atoms with E-state index in [0.29, 0.717) is 11.4 Å². The van der Waals surface area contributed by atoms with Gasteiger partial charge in [0, 0.05) is 8.04 Å². The summed E-state index contributed by atoms with van der Waals surface area (Å²) in [6, 6.07) is 11.4. The van der Waals surface area contributed by atoms with Crippen LogP contribution in [0.25, 0.3) is 0 Å². The highest BCUT2D eigenvalue weighted by Gasteiger charge is 2.19. The lowest BCUT2D eigenvalue weighted by Crippen LogP contribution is -2.25. The summed E-state index contributed by atoms with van der Waals surface area (Å²) >= 11 is 5.74. The van der Waals surface area contributed by atoms with E-state index in [2.05, 4.69) is 43.8 Å². The Labute approximate surface area is 144 Å². The Morgan fingerprint density at radius 1 is 1.29 bits per heavy atom. The molecule has 1 aliphatic heterocycles. The van der Waals surface area contributed by atoms with Crippen LogP contribution in [0.3, 0.4) is 0 Å². The first-order chi connectivity index (χ1) is 10.0. The number of carbonyl (C=O) groups excluding carboxylic acids is 1. The van der Waals surface area contributed by atoms with E-state index in [1.54, 1.807) is 0 Å². The molecule has 6 heteroatoms. The summed E-state index contributed by atoms with van der Waals surface area (Å²) in [7, 11) is 0. The van der Waals surface area contributed by atoms with Gasteiger partial charge in [0.1, 0.15) is 5.75 Å². The number of fused-ring (bicyclic) bond motifs is 1. The number of carbonyl (C=O) groups is 1. The molecule has 4 nitrogen and oxygen atoms in total. The van der Waals surface area contributed by atoms with Crippen LogP contribution in [0.2, 0.25) is 0 Å². The number of benzene rings is 2. The van der Waals surface area contributed by atoms with Crippen LogP contribution in [-0.2, 0) is 4.79 Å². The second-order valence-electron chi connectivity index (χ2n) is 4.74. The zero-order valence-electron chi connectivity index (χ0n) is 10.9. The smallest absolute Gasteiger partial charge is 0.262 e. The Hall–Kier alpha value is -1.12. The number of halogens is 2. The fraction of sp³-hybridized carbons (Fsp3) is 0.133. The summed E-state index contributed by atoms with van der Waals surface area (Å²) in [5.74, 6) is 0.528. The molecule has 0 saturated carbocycles. The molecule has 2 aromatic rings. The number of nitrogens with one attached hydrogen (secondary N) is 1. The first kappa shape index (κ1) is 14.8. The van der Waals surface area contributed by atoms with Crippen LogP contribution in [0.4, 0.5) is 5.69 Å². The van der Waals surface area contributed by atoms with Crippen molar-refractivity contribution in [1.82, 2.24) is 0 Å². The van der Waals surface area contributed by atoms with Crippen LogP contribution in [0.1, 0.15) is 17.2 Å². The van der Waals surface area contributed by atoms with E-state index in [1.165, 1.54) is 0 Å². The van der Waals surface area contributed by atoms with Crippen molar-refractivity contribution in [2.75, 3.05) is 11.9 Å². The number of hydrogen-bond acceptors (Lipinski definition) is 3. The maximum absolute atomic E-state index is 11.4. The van der Waals surface area contributed by atoms with Gasteiger partial charge >= 0.3 is 0 Å². The molecule has 3 N–H and O–H groups in total. The van der Waals surface area contributed by atoms with Crippen molar-refractivity contribution >= 4 is 50.1 Å². The lowest BCUT2D eigenvalue weighted by molar-refractivity contribution is -0.118. The molecule has 0 aliphatic carbocycles. The molecular weight excluding hydrogens is 447 g/mol. The van der Waals surface area contributed by atoms with E-state index < -0.39 is 0 Å². The van der Waals surface area contributed by atoms with Crippen molar-refractivity contribution in [2.24, 2.45) is 5.73 Å². The minimum absolute atomic E-state index is 0.0575. The Kier molecular flexibility index (Phi) is 4.19. The molecule has 0 bridgehead atoms. The van der Waals surface area contributed by atoms with Crippen molar-refractivity contribution in [1.29, 1.82) is 0 Å². The van der Waals surface area contributed by atoms with Gasteiger partial charge in [-0.25, -0.2) is 0 Å². The molecule has 3 rings (SSSR count). The topological polar surface area (TPSA) is 64.3 Å². The number of nitrogens with two attached hydrogens (primary N) is 1. The summed E-state index contributed by atoms with van der Waals surface area (Å²) in [6.45, 7) is 0.0575. The van der Waals surface area contributed by atoms with Crippen molar-refractivity contribution < 1.29 is 9.53 Å². The van der Waals surface area contributed by atoms with Crippen LogP contribution in [-0.4, -0.2) is 12.5 Å². The summed E-state index contributed by atoms with van der Waals surface area (Å²) in [6.07, 6.45) is 0. The van der Waals surface area contributed by atoms with Crippen LogP contribution >= 0.6 is 38.5 Å². The zero-order chi connectivity index (χ0) is 15.0. The number of amides is 1. The Balaban J connectivity index is 1.98. The quantitative estimate of drug-likeness (QED) is 0.677. The number of anilines is 1. The number of rotatable bonds is 2. The van der Waals surface area contributed by atoms with E-state index >= 15 is 0 Å². The highest BCUT2D eigenvalue weighted by atomic mass is 127. The van der Waals surface area contributed by atoms with E-state index in [4.69, 9.17) is 10.5 Å². The third-order valence-corrected chi connectivity index (χ3v) is 4.76. The predicted molar refractivity (Wildman–Crippen MR) is 93.5 cm³/mol. The third-order valence-electron chi connectivity index (χ3n) is 3.29. The van der Waals surface area contributed by atoms with Crippen LogP contribution < -0.4 is 15.8 Å². The zero-order valence-corrected chi connectivity index (χ0v) is 14.6. The molecule has 1 aliphatic rings. The molecule has 1 heterocycles. The van der Waals surface area contributed by atoms with Gasteiger partial charge in [-0.1, -0.05) is 22.0 Å². The molecule has 21 heavy (non-hydrogen) atoms. The highest BCUT2D eigenvalue weighted by Crippen LogP contribution is 2.33. The highest BCUT2D eigenvalue weighted by molar-refractivity contribution is 14.1. The van der Waals surface area contributed by atoms with Gasteiger partial charge in [0.05, 0.1) is 11.7 Å². The minimum Gasteiger partial charge on any atom is -0.482 e. The molecule has 0 fully saturated rings. The Bertz CT molecular complexity index is 721. The molecule has 1 unspecified atom stereocenters. The molecule has 2 aromatic carbocycles. The predicted octanol–water partition coefficient (Wildman–Crippen LogP) is 3.43. The largest absolute Gasteiger partial charge is 0.482 e. The van der Waals surface area contributed by atoms with Gasteiger partial charge in [-0.15, -0.1) is 0 Å². The van der Waals surface area contributed by atoms with E-state index in [-0.39, 0.29) is 18.6 Å². The van der Waals surface area contributed by atoms with Crippen molar-refractivity contribution in [3.05, 3.63) is 55.6 Å². The molecule has 108 valence electrons. The van der Waals surface area contributed by atoms with E-state index in [1.807, 2.05) is 36.4 Å². The monoisotopic (exact) mass is 458 g/mol. The molecule has 0 aromatic heterocycles. The average molecular weight is 459 g/mol. The molecule has 1 amide bonds. The van der Waals surface area contributed by atoms with Crippen molar-refractivity contribution in [2.45, 2.75) is 6.04 Å². The second-order valence-corrected chi connectivity index (χ2v) is 6.81. The average Bonchev–Trinajstić information content (AvgIpc) is 2.48. The fourth-order valence-corrected chi connectivity index (χ4v) is 3.28. The molecular formula is C15H12BrIN2O2. The Morgan fingerprint density at radius 2 is 2.10 bits per heavy atom. The summed E-state index contributed by atoms with van der Waals surface area (Å²) in [5, 5.41) is 2.80. The normalized spacial score (nSPS) is 14.9. The van der Waals surface area contributed by atoms with Crippen LogP contribution in [0, 0.1) is 3.57 Å². The van der Waals surface area contributed by atoms with Gasteiger partial charge in [-0.05, 0) is 64.0 Å². The molecule has 0 radical (unpaired) electrons. The van der Waals surface area contributed by atoms with Crippen LogP contribution in [0.5, 0.6) is 5.75 Å². The van der Waals surface area contributed by atoms with Gasteiger partial charge in [0.2, 0.25) is 0 Å². The maximum Gasteiger partial charge on any atom is 0.262 e. The minimum atomic E-state index is -0.265. The standard InChI is InChI=1S/C15H12BrIN2O2/c16-9-2-3-11(17)10(6-9)15(18)8-1-4-13-12(5-8)19-14(20)7-21-13/h1-6,15H,7,18H2,(H,19,20). The first-order valence-electron chi connectivity index (χ1n) is 6.32. The van der Waals surface area contributed by atoms with E-state index in [9.17, 15) is 4.79 Å². The SMILES string of the molecule is NC(c1ccc2c(c1)NC(=O)CO2)c1cc(Br)ccc1I. The molecule has 1 atom stereocenters. The number of ether oxygens (including phenoxy) is 1. The van der Waals surface area contributed by atoms with E-state index in [0.717, 1.165) is 19.2 Å².